The Morgan fingerprint density at radius 3 is 2.40 bits per heavy atom. The molecule has 0 aliphatic carbocycles. The summed E-state index contributed by atoms with van der Waals surface area (Å²) in [7, 11) is 0. The fourth-order valence-corrected chi connectivity index (χ4v) is 1.92. The van der Waals surface area contributed by atoms with Crippen LogP contribution in [0, 0.1) is 13.8 Å². The van der Waals surface area contributed by atoms with Crippen LogP contribution in [0.3, 0.4) is 0 Å². The van der Waals surface area contributed by atoms with Gasteiger partial charge in [0.15, 0.2) is 0 Å². The van der Waals surface area contributed by atoms with Gasteiger partial charge in [0.25, 0.3) is 5.95 Å². The first-order valence-electron chi connectivity index (χ1n) is 5.99. The van der Waals surface area contributed by atoms with Crippen molar-refractivity contribution in [2.45, 2.75) is 20.8 Å². The van der Waals surface area contributed by atoms with Crippen molar-refractivity contribution in [3.63, 3.8) is 0 Å². The van der Waals surface area contributed by atoms with Gasteiger partial charge in [0.1, 0.15) is 6.33 Å². The maximum Gasteiger partial charge on any atom is 0.356 e. The number of hydrogen-bond donors (Lipinski definition) is 1. The van der Waals surface area contributed by atoms with Gasteiger partial charge in [-0.3, -0.25) is 9.36 Å². The third kappa shape index (κ3) is 2.43. The molecule has 0 saturated carbocycles. The van der Waals surface area contributed by atoms with E-state index in [1.165, 1.54) is 17.8 Å². The van der Waals surface area contributed by atoms with Crippen LogP contribution in [0.5, 0.6) is 0 Å². The highest BCUT2D eigenvalue weighted by atomic mass is 16.2. The molecule has 0 unspecified atom stereocenters. The van der Waals surface area contributed by atoms with Crippen molar-refractivity contribution in [2.75, 3.05) is 5.01 Å². The topological polar surface area (TPSA) is 94.1 Å². The van der Waals surface area contributed by atoms with E-state index in [-0.39, 0.29) is 5.95 Å². The summed E-state index contributed by atoms with van der Waals surface area (Å²) < 4.78 is 1.34. The van der Waals surface area contributed by atoms with Crippen molar-refractivity contribution in [1.82, 2.24) is 14.5 Å². The Morgan fingerprint density at radius 2 is 1.90 bits per heavy atom. The molecule has 0 aliphatic rings. The molecule has 0 atom stereocenters. The van der Waals surface area contributed by atoms with Crippen LogP contribution in [-0.2, 0) is 4.79 Å². The van der Waals surface area contributed by atoms with Gasteiger partial charge in [-0.05, 0) is 25.0 Å². The molecule has 0 saturated heterocycles. The summed E-state index contributed by atoms with van der Waals surface area (Å²) in [4.78, 5) is 30.9. The second kappa shape index (κ2) is 5.22. The average Bonchev–Trinajstić information content (AvgIpc) is 2.39. The first kappa shape index (κ1) is 13.9. The number of nitrogens with zero attached hydrogens (tertiary/aromatic N) is 4. The Balaban J connectivity index is 2.56. The number of rotatable bonds is 2. The minimum absolute atomic E-state index is 0.120. The predicted molar refractivity (Wildman–Crippen MR) is 74.5 cm³/mol. The number of aromatic nitrogens is 3. The molecule has 0 aliphatic heterocycles. The smallest absolute Gasteiger partial charge is 0.273 e. The number of hydrogen-bond acceptors (Lipinski definition) is 5. The van der Waals surface area contributed by atoms with Gasteiger partial charge in [-0.1, -0.05) is 18.2 Å². The van der Waals surface area contributed by atoms with Crippen molar-refractivity contribution in [2.24, 2.45) is 5.84 Å². The van der Waals surface area contributed by atoms with Gasteiger partial charge in [-0.25, -0.2) is 20.6 Å². The van der Waals surface area contributed by atoms with Gasteiger partial charge >= 0.3 is 5.69 Å². The van der Waals surface area contributed by atoms with E-state index in [1.54, 1.807) is 0 Å². The summed E-state index contributed by atoms with van der Waals surface area (Å²) in [6.45, 7) is 5.06. The van der Waals surface area contributed by atoms with E-state index in [1.807, 2.05) is 32.0 Å². The molecule has 104 valence electrons. The largest absolute Gasteiger partial charge is 0.356 e. The molecule has 1 amide bonds. The predicted octanol–water partition coefficient (Wildman–Crippen LogP) is 0.471. The Labute approximate surface area is 115 Å². The maximum atomic E-state index is 12.1. The minimum atomic E-state index is -0.538. The Bertz CT molecular complexity index is 703. The van der Waals surface area contributed by atoms with Gasteiger partial charge in [-0.2, -0.15) is 4.98 Å². The summed E-state index contributed by atoms with van der Waals surface area (Å²) in [5, 5.41) is 0.733. The molecule has 1 heterocycles. The van der Waals surface area contributed by atoms with E-state index >= 15 is 0 Å². The SMILES string of the molecule is CC(=O)N(N)c1ncn(-c2c(C)cccc2C)c(=O)n1. The summed E-state index contributed by atoms with van der Waals surface area (Å²) in [5.41, 5.74) is 2.05. The second-order valence-corrected chi connectivity index (χ2v) is 4.44. The molecule has 2 N–H and O–H groups in total. The zero-order chi connectivity index (χ0) is 14.9. The second-order valence-electron chi connectivity index (χ2n) is 4.44. The van der Waals surface area contributed by atoms with Crippen LogP contribution in [-0.4, -0.2) is 20.4 Å². The third-order valence-corrected chi connectivity index (χ3v) is 2.93. The number of amides is 1. The molecule has 2 aromatic rings. The number of para-hydroxylation sites is 1. The lowest BCUT2D eigenvalue weighted by atomic mass is 10.1. The number of hydrazine groups is 1. The molecule has 1 aromatic carbocycles. The zero-order valence-electron chi connectivity index (χ0n) is 11.5. The van der Waals surface area contributed by atoms with Gasteiger partial charge < -0.3 is 0 Å². The molecule has 0 fully saturated rings. The van der Waals surface area contributed by atoms with Crippen LogP contribution < -0.4 is 16.5 Å². The van der Waals surface area contributed by atoms with E-state index in [0.29, 0.717) is 0 Å². The highest BCUT2D eigenvalue weighted by molar-refractivity contribution is 5.88. The zero-order valence-corrected chi connectivity index (χ0v) is 11.5. The highest BCUT2D eigenvalue weighted by Gasteiger charge is 2.13. The molecular weight excluding hydrogens is 258 g/mol. The van der Waals surface area contributed by atoms with Gasteiger partial charge in [0.05, 0.1) is 5.69 Å². The number of benzene rings is 1. The quantitative estimate of drug-likeness (QED) is 0.487. The average molecular weight is 273 g/mol. The Hall–Kier alpha value is -2.54. The first-order valence-corrected chi connectivity index (χ1v) is 5.99. The van der Waals surface area contributed by atoms with Crippen LogP contribution in [0.15, 0.2) is 29.3 Å². The van der Waals surface area contributed by atoms with Gasteiger partial charge in [0, 0.05) is 6.92 Å². The molecule has 0 spiro atoms. The van der Waals surface area contributed by atoms with E-state index in [4.69, 9.17) is 5.84 Å². The number of carbonyl (C=O) groups is 1. The van der Waals surface area contributed by atoms with Crippen LogP contribution in [0.2, 0.25) is 0 Å². The minimum Gasteiger partial charge on any atom is -0.273 e. The number of aryl methyl sites for hydroxylation is 2. The van der Waals surface area contributed by atoms with Crippen LogP contribution in [0.25, 0.3) is 5.69 Å². The summed E-state index contributed by atoms with van der Waals surface area (Å²) in [6.07, 6.45) is 1.32. The Morgan fingerprint density at radius 1 is 1.30 bits per heavy atom. The highest BCUT2D eigenvalue weighted by Crippen LogP contribution is 2.16. The summed E-state index contributed by atoms with van der Waals surface area (Å²) in [6, 6.07) is 5.70. The molecule has 20 heavy (non-hydrogen) atoms. The lowest BCUT2D eigenvalue weighted by Crippen LogP contribution is -2.39. The van der Waals surface area contributed by atoms with Crippen molar-refractivity contribution in [3.8, 4) is 5.69 Å². The van der Waals surface area contributed by atoms with Crippen molar-refractivity contribution >= 4 is 11.9 Å². The maximum absolute atomic E-state index is 12.1. The molecule has 0 bridgehead atoms. The normalized spacial score (nSPS) is 10.4. The lowest BCUT2D eigenvalue weighted by molar-refractivity contribution is -0.116. The monoisotopic (exact) mass is 273 g/mol. The van der Waals surface area contributed by atoms with Crippen molar-refractivity contribution in [1.29, 1.82) is 0 Å². The van der Waals surface area contributed by atoms with Gasteiger partial charge in [0.2, 0.25) is 5.91 Å². The van der Waals surface area contributed by atoms with Crippen molar-refractivity contribution in [3.05, 3.63) is 46.1 Å². The molecule has 7 heteroatoms. The van der Waals surface area contributed by atoms with E-state index in [9.17, 15) is 9.59 Å². The fraction of sp³-hybridized carbons (Fsp3) is 0.231. The first-order chi connectivity index (χ1) is 9.41. The van der Waals surface area contributed by atoms with Crippen molar-refractivity contribution < 1.29 is 4.79 Å². The van der Waals surface area contributed by atoms with Crippen LogP contribution >= 0.6 is 0 Å². The molecule has 0 radical (unpaired) electrons. The summed E-state index contributed by atoms with van der Waals surface area (Å²) >= 11 is 0. The molecule has 1 aromatic heterocycles. The van der Waals surface area contributed by atoms with Crippen LogP contribution in [0.1, 0.15) is 18.1 Å². The standard InChI is InChI=1S/C13H15N5O2/c1-8-5-4-6-9(2)11(8)17-7-15-12(16-13(17)20)18(14)10(3)19/h4-7H,14H2,1-3H3. The lowest BCUT2D eigenvalue weighted by Gasteiger charge is -2.14. The van der Waals surface area contributed by atoms with E-state index < -0.39 is 11.6 Å². The molecule has 7 nitrogen and oxygen atoms in total. The number of anilines is 1. The number of nitrogens with two attached hydrogens (primary N) is 1. The number of carbonyl (C=O) groups excluding carboxylic acids is 1. The van der Waals surface area contributed by atoms with Crippen LogP contribution in [0.4, 0.5) is 5.95 Å². The molecule has 2 rings (SSSR count). The molecular formula is C13H15N5O2. The fourth-order valence-electron chi connectivity index (χ4n) is 1.92. The van der Waals surface area contributed by atoms with Gasteiger partial charge in [-0.15, -0.1) is 0 Å². The van der Waals surface area contributed by atoms with E-state index in [0.717, 1.165) is 21.8 Å². The third-order valence-electron chi connectivity index (χ3n) is 2.93. The summed E-state index contributed by atoms with van der Waals surface area (Å²) in [5.74, 6) is 4.90. The Kier molecular flexibility index (Phi) is 3.62. The van der Waals surface area contributed by atoms with E-state index in [2.05, 4.69) is 9.97 Å².